The van der Waals surface area contributed by atoms with E-state index >= 15 is 0 Å². The molecular formula is C20H21F3N2O5S. The Kier molecular flexibility index (Phi) is 6.20. The Morgan fingerprint density at radius 2 is 2.23 bits per heavy atom. The van der Waals surface area contributed by atoms with Crippen molar-refractivity contribution in [2.24, 2.45) is 0 Å². The van der Waals surface area contributed by atoms with Crippen LogP contribution in [0.1, 0.15) is 28.0 Å². The van der Waals surface area contributed by atoms with Crippen molar-refractivity contribution in [1.82, 2.24) is 9.88 Å². The van der Waals surface area contributed by atoms with Crippen LogP contribution in [0.15, 0.2) is 29.1 Å². The first-order valence-corrected chi connectivity index (χ1v) is 10.6. The maximum absolute atomic E-state index is 13.0. The van der Waals surface area contributed by atoms with Crippen LogP contribution in [0.5, 0.6) is 5.75 Å². The maximum Gasteiger partial charge on any atom is 0.522 e. The van der Waals surface area contributed by atoms with Gasteiger partial charge in [-0.25, -0.2) is 4.98 Å². The van der Waals surface area contributed by atoms with Crippen molar-refractivity contribution >= 4 is 17.2 Å². The largest absolute Gasteiger partial charge is 0.522 e. The summed E-state index contributed by atoms with van der Waals surface area (Å²) in [6, 6.07) is 4.84. The van der Waals surface area contributed by atoms with Crippen LogP contribution in [0, 0.1) is 6.92 Å². The predicted molar refractivity (Wildman–Crippen MR) is 104 cm³/mol. The summed E-state index contributed by atoms with van der Waals surface area (Å²) in [5, 5.41) is 1.95. The number of thiazole rings is 1. The normalized spacial score (nSPS) is 23.6. The molecule has 1 aromatic heterocycles. The monoisotopic (exact) mass is 458 g/mol. The van der Waals surface area contributed by atoms with Crippen molar-refractivity contribution < 1.29 is 36.9 Å². The van der Waals surface area contributed by atoms with Crippen molar-refractivity contribution in [2.45, 2.75) is 31.4 Å². The minimum absolute atomic E-state index is 0.155. The van der Waals surface area contributed by atoms with Crippen molar-refractivity contribution in [2.75, 3.05) is 33.1 Å². The van der Waals surface area contributed by atoms with E-state index in [4.69, 9.17) is 14.2 Å². The number of fused-ring (bicyclic) bond motifs is 1. The Balaban J connectivity index is 1.38. The zero-order valence-electron chi connectivity index (χ0n) is 16.7. The van der Waals surface area contributed by atoms with Crippen LogP contribution < -0.4 is 4.74 Å². The van der Waals surface area contributed by atoms with Gasteiger partial charge in [-0.2, -0.15) is 0 Å². The number of nitrogens with zero attached hydrogens (tertiary/aromatic N) is 2. The number of rotatable bonds is 6. The molecule has 0 aliphatic carbocycles. The van der Waals surface area contributed by atoms with Gasteiger partial charge in [0, 0.05) is 23.9 Å². The van der Waals surface area contributed by atoms with Gasteiger partial charge in [-0.15, -0.1) is 24.5 Å². The first kappa shape index (κ1) is 22.0. The third-order valence-corrected chi connectivity index (χ3v) is 6.01. The van der Waals surface area contributed by atoms with E-state index in [9.17, 15) is 18.0 Å². The molecule has 1 amide bonds. The highest BCUT2D eigenvalue weighted by atomic mass is 32.1. The number of amides is 1. The molecular weight excluding hydrogens is 437 g/mol. The van der Waals surface area contributed by atoms with Gasteiger partial charge in [-0.05, 0) is 30.7 Å². The van der Waals surface area contributed by atoms with Gasteiger partial charge in [0.05, 0.1) is 24.4 Å². The fraction of sp³-hybridized carbons (Fsp3) is 0.500. The van der Waals surface area contributed by atoms with E-state index in [0.717, 1.165) is 5.69 Å². The lowest BCUT2D eigenvalue weighted by Crippen LogP contribution is -2.53. The summed E-state index contributed by atoms with van der Waals surface area (Å²) in [7, 11) is 0. The van der Waals surface area contributed by atoms with Gasteiger partial charge in [-0.3, -0.25) is 9.53 Å². The minimum atomic E-state index is -4.69. The molecule has 0 radical (unpaired) electrons. The summed E-state index contributed by atoms with van der Waals surface area (Å²) >= 11 is 1.49. The fourth-order valence-corrected chi connectivity index (χ4v) is 4.51. The molecule has 3 heterocycles. The van der Waals surface area contributed by atoms with Gasteiger partial charge in [0.2, 0.25) is 0 Å². The number of hydrogen-bond acceptors (Lipinski definition) is 7. The highest BCUT2D eigenvalue weighted by Gasteiger charge is 2.52. The number of alkyl halides is 3. The van der Waals surface area contributed by atoms with Crippen LogP contribution in [-0.4, -0.2) is 61.4 Å². The molecule has 2 aromatic rings. The predicted octanol–water partition coefficient (Wildman–Crippen LogP) is 3.48. The molecule has 11 heteroatoms. The number of ether oxygens (including phenoxy) is 4. The first-order chi connectivity index (χ1) is 14.8. The van der Waals surface area contributed by atoms with E-state index in [-0.39, 0.29) is 25.4 Å². The lowest BCUT2D eigenvalue weighted by molar-refractivity contribution is -0.325. The van der Waals surface area contributed by atoms with Gasteiger partial charge < -0.3 is 19.1 Å². The summed E-state index contributed by atoms with van der Waals surface area (Å²) in [6.07, 6.45) is -4.41. The highest BCUT2D eigenvalue weighted by Crippen LogP contribution is 2.42. The number of carbonyl (C=O) groups is 1. The van der Waals surface area contributed by atoms with Crippen molar-refractivity contribution in [3.05, 3.63) is 45.9 Å². The second kappa shape index (κ2) is 8.73. The molecule has 4 rings (SSSR count). The summed E-state index contributed by atoms with van der Waals surface area (Å²) in [6.45, 7) is 1.89. The van der Waals surface area contributed by atoms with E-state index in [0.29, 0.717) is 36.4 Å². The van der Waals surface area contributed by atoms with E-state index in [1.165, 1.54) is 11.3 Å². The lowest BCUT2D eigenvalue weighted by Gasteiger charge is -2.40. The van der Waals surface area contributed by atoms with Gasteiger partial charge in [-0.1, -0.05) is 0 Å². The van der Waals surface area contributed by atoms with Crippen molar-refractivity contribution in [3.63, 3.8) is 0 Å². The van der Waals surface area contributed by atoms with Crippen LogP contribution in [0.4, 0.5) is 13.2 Å². The topological polar surface area (TPSA) is 70.1 Å². The molecule has 0 spiro atoms. The minimum Gasteiger partial charge on any atom is -0.491 e. The summed E-state index contributed by atoms with van der Waals surface area (Å²) in [4.78, 5) is 19.2. The fourth-order valence-electron chi connectivity index (χ4n) is 3.88. The van der Waals surface area contributed by atoms with Crippen LogP contribution in [-0.2, 0) is 19.8 Å². The second-order valence-corrected chi connectivity index (χ2v) is 8.02. The van der Waals surface area contributed by atoms with Gasteiger partial charge >= 0.3 is 6.36 Å². The number of likely N-dealkylation sites (tertiary alicyclic amines) is 1. The van der Waals surface area contributed by atoms with E-state index in [2.05, 4.69) is 9.72 Å². The van der Waals surface area contributed by atoms with Gasteiger partial charge in [0.1, 0.15) is 30.9 Å². The molecule has 2 aliphatic heterocycles. The highest BCUT2D eigenvalue weighted by molar-refractivity contribution is 7.07. The molecule has 2 aliphatic rings. The van der Waals surface area contributed by atoms with Crippen LogP contribution >= 0.6 is 11.3 Å². The Morgan fingerprint density at radius 3 is 2.94 bits per heavy atom. The Hall–Kier alpha value is -2.21. The number of aromatic nitrogens is 1. The third kappa shape index (κ3) is 4.69. The molecule has 0 saturated carbocycles. The Labute approximate surface area is 180 Å². The van der Waals surface area contributed by atoms with Gasteiger partial charge in [0.15, 0.2) is 0 Å². The van der Waals surface area contributed by atoms with E-state index < -0.39 is 18.6 Å². The zero-order chi connectivity index (χ0) is 22.1. The Morgan fingerprint density at radius 1 is 1.39 bits per heavy atom. The number of aryl methyl sites for hydroxylation is 1. The molecule has 0 bridgehead atoms. The molecule has 31 heavy (non-hydrogen) atoms. The summed E-state index contributed by atoms with van der Waals surface area (Å²) in [5.41, 5.74) is 3.08. The van der Waals surface area contributed by atoms with Crippen LogP contribution in [0.25, 0.3) is 0 Å². The van der Waals surface area contributed by atoms with Crippen molar-refractivity contribution in [3.8, 4) is 5.75 Å². The number of halogens is 3. The van der Waals surface area contributed by atoms with Crippen molar-refractivity contribution in [1.29, 1.82) is 0 Å². The number of hydrogen-bond donors (Lipinski definition) is 0. The molecule has 2 saturated heterocycles. The SMILES string of the molecule is Cc1cc(C(=O)N2CC[C@]3(c4cscn4)OCOC3C2)ccc1OCCOC(F)(F)F. The second-order valence-electron chi connectivity index (χ2n) is 7.30. The molecule has 0 N–H and O–H groups in total. The lowest BCUT2D eigenvalue weighted by atomic mass is 9.86. The molecule has 1 unspecified atom stereocenters. The van der Waals surface area contributed by atoms with Crippen LogP contribution in [0.2, 0.25) is 0 Å². The summed E-state index contributed by atoms with van der Waals surface area (Å²) < 4.78 is 56.8. The molecule has 168 valence electrons. The average Bonchev–Trinajstić information content (AvgIpc) is 3.40. The standard InChI is InChI=1S/C20H21F3N2O5S/c1-13-8-14(2-3-15(13)27-6-7-29-20(21,22)23)18(26)25-5-4-19(16-10-31-11-24-16)17(9-25)28-12-30-19/h2-3,8,10-11,17H,4-7,9,12H2,1H3/t17?,19-/m1/s1. The molecule has 2 atom stereocenters. The smallest absolute Gasteiger partial charge is 0.491 e. The number of benzene rings is 1. The van der Waals surface area contributed by atoms with E-state index in [1.54, 1.807) is 35.5 Å². The molecule has 1 aromatic carbocycles. The number of carbonyl (C=O) groups excluding carboxylic acids is 1. The zero-order valence-corrected chi connectivity index (χ0v) is 17.5. The average molecular weight is 458 g/mol. The van der Waals surface area contributed by atoms with Crippen LogP contribution in [0.3, 0.4) is 0 Å². The number of piperidine rings is 1. The maximum atomic E-state index is 13.0. The molecule has 2 fully saturated rings. The molecule has 7 nitrogen and oxygen atoms in total. The summed E-state index contributed by atoms with van der Waals surface area (Å²) in [5.74, 6) is 0.244. The van der Waals surface area contributed by atoms with Gasteiger partial charge in [0.25, 0.3) is 5.91 Å². The quantitative estimate of drug-likeness (QED) is 0.618. The Bertz CT molecular complexity index is 924. The van der Waals surface area contributed by atoms with E-state index in [1.807, 2.05) is 5.38 Å². The third-order valence-electron chi connectivity index (χ3n) is 5.43. The first-order valence-electron chi connectivity index (χ1n) is 9.66.